The van der Waals surface area contributed by atoms with E-state index in [4.69, 9.17) is 0 Å². The predicted molar refractivity (Wildman–Crippen MR) is 135 cm³/mol. The number of piperidine rings is 1. The highest BCUT2D eigenvalue weighted by Gasteiger charge is 2.50. The van der Waals surface area contributed by atoms with Gasteiger partial charge < -0.3 is 20.2 Å². The molecule has 2 N–H and O–H groups in total. The van der Waals surface area contributed by atoms with Gasteiger partial charge in [0, 0.05) is 37.3 Å². The zero-order valence-corrected chi connectivity index (χ0v) is 20.7. The Balaban J connectivity index is 1.28. The molecule has 1 spiro atoms. The van der Waals surface area contributed by atoms with Gasteiger partial charge in [0.1, 0.15) is 6.07 Å². The monoisotopic (exact) mass is 478 g/mol. The van der Waals surface area contributed by atoms with Crippen LogP contribution >= 0.6 is 0 Å². The number of nitriles is 1. The number of carbonyl (C=O) groups excluding carboxylic acids is 2. The second-order valence-corrected chi connectivity index (χ2v) is 11.2. The van der Waals surface area contributed by atoms with E-state index < -0.39 is 0 Å². The lowest BCUT2D eigenvalue weighted by molar-refractivity contribution is -0.139. The first-order valence-corrected chi connectivity index (χ1v) is 13.6. The molecule has 2 saturated carbocycles. The number of likely N-dealkylation sites (tertiary alicyclic amines) is 1. The van der Waals surface area contributed by atoms with E-state index in [0.29, 0.717) is 17.8 Å². The number of anilines is 2. The van der Waals surface area contributed by atoms with E-state index in [1.165, 1.54) is 6.42 Å². The number of hydrogen-bond donors (Lipinski definition) is 2. The first kappa shape index (κ1) is 24.1. The number of aliphatic hydroxyl groups excluding tert-OH is 1. The van der Waals surface area contributed by atoms with Gasteiger partial charge in [0.25, 0.3) is 0 Å². The van der Waals surface area contributed by atoms with Crippen molar-refractivity contribution in [1.82, 2.24) is 4.90 Å². The van der Waals surface area contributed by atoms with Crippen molar-refractivity contribution in [2.24, 2.45) is 11.3 Å². The molecular weight excluding hydrogens is 440 g/mol. The van der Waals surface area contributed by atoms with Crippen LogP contribution in [0.1, 0.15) is 82.6 Å². The van der Waals surface area contributed by atoms with Gasteiger partial charge in [0.2, 0.25) is 11.8 Å². The molecule has 0 radical (unpaired) electrons. The average Bonchev–Trinajstić information content (AvgIpc) is 3.19. The number of hydrogen-bond acceptors (Lipinski definition) is 5. The van der Waals surface area contributed by atoms with Crippen molar-refractivity contribution in [3.8, 4) is 6.07 Å². The fourth-order valence-electron chi connectivity index (χ4n) is 6.87. The number of rotatable bonds is 4. The number of amides is 2. The molecule has 0 unspecified atom stereocenters. The van der Waals surface area contributed by atoms with Crippen LogP contribution < -0.4 is 10.2 Å². The summed E-state index contributed by atoms with van der Waals surface area (Å²) in [5.74, 6) is 0.392. The average molecular weight is 479 g/mol. The van der Waals surface area contributed by atoms with E-state index in [2.05, 4.69) is 21.2 Å². The second-order valence-electron chi connectivity index (χ2n) is 11.2. The standard InChI is InChI=1S/C28H38N4O3/c29-18-21-17-22(30-26(34)20-5-2-1-3-6-20)7-12-25(21)31-15-4-13-28(19-31)14-16-32(27(28)35)23-8-10-24(33)11-9-23/h7,12,17,20,23-24,33H,1-6,8-11,13-16,19H2,(H,30,34)/t23-,24-,28-/m0/s1. The van der Waals surface area contributed by atoms with Gasteiger partial charge >= 0.3 is 0 Å². The minimum absolute atomic E-state index is 0.0603. The number of aliphatic hydroxyl groups is 1. The van der Waals surface area contributed by atoms with Crippen molar-refractivity contribution in [2.75, 3.05) is 29.9 Å². The third-order valence-electron chi connectivity index (χ3n) is 8.93. The molecule has 1 atom stereocenters. The minimum Gasteiger partial charge on any atom is -0.393 e. The number of carbonyl (C=O) groups is 2. The van der Waals surface area contributed by atoms with Gasteiger partial charge in [-0.1, -0.05) is 19.3 Å². The van der Waals surface area contributed by atoms with E-state index in [-0.39, 0.29) is 35.3 Å². The molecule has 2 amide bonds. The number of benzene rings is 1. The Morgan fingerprint density at radius 2 is 1.80 bits per heavy atom. The van der Waals surface area contributed by atoms with Crippen LogP contribution in [-0.4, -0.2) is 53.6 Å². The largest absolute Gasteiger partial charge is 0.393 e. The van der Waals surface area contributed by atoms with Crippen LogP contribution in [0.15, 0.2) is 18.2 Å². The summed E-state index contributed by atoms with van der Waals surface area (Å²) >= 11 is 0. The lowest BCUT2D eigenvalue weighted by atomic mass is 9.78. The van der Waals surface area contributed by atoms with Gasteiger partial charge in [-0.3, -0.25) is 9.59 Å². The predicted octanol–water partition coefficient (Wildman–Crippen LogP) is 4.20. The van der Waals surface area contributed by atoms with Crippen LogP contribution in [0.2, 0.25) is 0 Å². The van der Waals surface area contributed by atoms with Crippen molar-refractivity contribution in [1.29, 1.82) is 5.26 Å². The fourth-order valence-corrected chi connectivity index (χ4v) is 6.87. The van der Waals surface area contributed by atoms with E-state index in [1.807, 2.05) is 12.1 Å². The zero-order chi connectivity index (χ0) is 24.4. The molecular formula is C28H38N4O3. The third kappa shape index (κ3) is 4.91. The fraction of sp³-hybridized carbons (Fsp3) is 0.679. The van der Waals surface area contributed by atoms with Crippen LogP contribution in [0, 0.1) is 22.7 Å². The molecule has 7 heteroatoms. The molecule has 5 rings (SSSR count). The molecule has 7 nitrogen and oxygen atoms in total. The van der Waals surface area contributed by atoms with Gasteiger partial charge in [-0.15, -0.1) is 0 Å². The van der Waals surface area contributed by atoms with Gasteiger partial charge in [0.05, 0.1) is 22.8 Å². The van der Waals surface area contributed by atoms with Crippen LogP contribution in [0.25, 0.3) is 0 Å². The summed E-state index contributed by atoms with van der Waals surface area (Å²) in [5, 5.41) is 22.8. The highest BCUT2D eigenvalue weighted by molar-refractivity contribution is 5.93. The molecule has 2 aliphatic heterocycles. The van der Waals surface area contributed by atoms with Crippen molar-refractivity contribution in [3.05, 3.63) is 23.8 Å². The lowest BCUT2D eigenvalue weighted by Crippen LogP contribution is -2.50. The summed E-state index contributed by atoms with van der Waals surface area (Å²) in [4.78, 5) is 30.6. The molecule has 1 aromatic rings. The van der Waals surface area contributed by atoms with Gasteiger partial charge in [-0.25, -0.2) is 0 Å². The van der Waals surface area contributed by atoms with Gasteiger partial charge in [-0.2, -0.15) is 5.26 Å². The molecule has 4 aliphatic rings. The number of nitrogens with one attached hydrogen (secondary N) is 1. The maximum Gasteiger partial charge on any atom is 0.230 e. The second kappa shape index (κ2) is 10.2. The maximum atomic E-state index is 13.6. The summed E-state index contributed by atoms with van der Waals surface area (Å²) in [6.07, 6.45) is 11.1. The summed E-state index contributed by atoms with van der Waals surface area (Å²) < 4.78 is 0. The molecule has 4 fully saturated rings. The Bertz CT molecular complexity index is 990. The first-order valence-electron chi connectivity index (χ1n) is 13.6. The Labute approximate surface area is 208 Å². The maximum absolute atomic E-state index is 13.6. The van der Waals surface area contributed by atoms with Crippen molar-refractivity contribution < 1.29 is 14.7 Å². The summed E-state index contributed by atoms with van der Waals surface area (Å²) in [7, 11) is 0. The van der Waals surface area contributed by atoms with Crippen LogP contribution in [0.4, 0.5) is 11.4 Å². The van der Waals surface area contributed by atoms with Crippen molar-refractivity contribution >= 4 is 23.2 Å². The van der Waals surface area contributed by atoms with Crippen molar-refractivity contribution in [3.63, 3.8) is 0 Å². The van der Waals surface area contributed by atoms with Crippen LogP contribution in [0.3, 0.4) is 0 Å². The van der Waals surface area contributed by atoms with E-state index in [1.54, 1.807) is 6.07 Å². The lowest BCUT2D eigenvalue weighted by Gasteiger charge is -2.41. The van der Waals surface area contributed by atoms with Crippen molar-refractivity contribution in [2.45, 2.75) is 89.2 Å². The molecule has 2 aliphatic carbocycles. The highest BCUT2D eigenvalue weighted by atomic mass is 16.3. The normalized spacial score (nSPS) is 29.9. The van der Waals surface area contributed by atoms with Gasteiger partial charge in [0.15, 0.2) is 0 Å². The molecule has 35 heavy (non-hydrogen) atoms. The number of nitrogens with zero attached hydrogens (tertiary/aromatic N) is 3. The minimum atomic E-state index is -0.380. The van der Waals surface area contributed by atoms with E-state index >= 15 is 0 Å². The molecule has 0 bridgehead atoms. The van der Waals surface area contributed by atoms with E-state index in [0.717, 1.165) is 89.4 Å². The molecule has 188 valence electrons. The topological polar surface area (TPSA) is 96.7 Å². The van der Waals surface area contributed by atoms with Crippen LogP contribution in [-0.2, 0) is 9.59 Å². The molecule has 2 saturated heterocycles. The van der Waals surface area contributed by atoms with E-state index in [9.17, 15) is 20.0 Å². The first-order chi connectivity index (χ1) is 17.0. The SMILES string of the molecule is N#Cc1cc(NC(=O)C2CCCCC2)ccc1N1CCC[C@]2(CCN([C@H]3CC[C@H](O)CC3)C2=O)C1. The Morgan fingerprint density at radius 3 is 2.54 bits per heavy atom. The Morgan fingerprint density at radius 1 is 1.03 bits per heavy atom. The molecule has 2 heterocycles. The zero-order valence-electron chi connectivity index (χ0n) is 20.7. The quantitative estimate of drug-likeness (QED) is 0.676. The third-order valence-corrected chi connectivity index (χ3v) is 8.93. The smallest absolute Gasteiger partial charge is 0.230 e. The van der Waals surface area contributed by atoms with Gasteiger partial charge in [-0.05, 0) is 76.0 Å². The summed E-state index contributed by atoms with van der Waals surface area (Å²) in [5.41, 5.74) is 1.70. The highest BCUT2D eigenvalue weighted by Crippen LogP contribution is 2.44. The summed E-state index contributed by atoms with van der Waals surface area (Å²) in [6, 6.07) is 8.20. The Hall–Kier alpha value is -2.59. The Kier molecular flexibility index (Phi) is 7.02. The molecule has 0 aromatic heterocycles. The molecule has 1 aromatic carbocycles. The van der Waals surface area contributed by atoms with Crippen LogP contribution in [0.5, 0.6) is 0 Å². The summed E-state index contributed by atoms with van der Waals surface area (Å²) in [6.45, 7) is 2.26.